The third-order valence-corrected chi connectivity index (χ3v) is 3.66. The second kappa shape index (κ2) is 4.05. The molecule has 0 fully saturated rings. The van der Waals surface area contributed by atoms with Gasteiger partial charge in [-0.3, -0.25) is 0 Å². The summed E-state index contributed by atoms with van der Waals surface area (Å²) in [6.45, 7) is 1.87. The number of aldehydes is 1. The average Bonchev–Trinajstić information content (AvgIpc) is 2.45. The van der Waals surface area contributed by atoms with Crippen LogP contribution in [0.1, 0.15) is 17.7 Å². The maximum atomic E-state index is 10.5. The van der Waals surface area contributed by atoms with Crippen molar-refractivity contribution in [2.45, 2.75) is 12.8 Å². The first kappa shape index (κ1) is 9.74. The van der Waals surface area contributed by atoms with Crippen LogP contribution in [0, 0.1) is 0 Å². The molecule has 0 aromatic carbocycles. The third kappa shape index (κ3) is 1.87. The van der Waals surface area contributed by atoms with Crippen molar-refractivity contribution < 1.29 is 9.53 Å². The monoisotopic (exact) mass is 248 g/mol. The van der Waals surface area contributed by atoms with E-state index in [1.807, 2.05) is 13.0 Å². The summed E-state index contributed by atoms with van der Waals surface area (Å²) in [5.74, 6) is -0.0461. The van der Waals surface area contributed by atoms with Crippen LogP contribution in [0.15, 0.2) is 10.5 Å². The number of carbonyl (C=O) groups excluding carboxylic acids is 1. The minimum atomic E-state index is -0.0461. The number of carbonyl (C=O) groups is 1. The molecule has 0 aliphatic heterocycles. The van der Waals surface area contributed by atoms with E-state index in [9.17, 15) is 4.79 Å². The van der Waals surface area contributed by atoms with Crippen LogP contribution in [-0.4, -0.2) is 13.4 Å². The van der Waals surface area contributed by atoms with Gasteiger partial charge < -0.3 is 9.53 Å². The van der Waals surface area contributed by atoms with Gasteiger partial charge >= 0.3 is 0 Å². The number of hydrogen-bond acceptors (Lipinski definition) is 3. The van der Waals surface area contributed by atoms with Crippen LogP contribution in [0.3, 0.4) is 0 Å². The number of methoxy groups -OCH3 is 1. The molecule has 0 aliphatic rings. The Bertz CT molecular complexity index is 283. The topological polar surface area (TPSA) is 26.3 Å². The van der Waals surface area contributed by atoms with Gasteiger partial charge in [-0.05, 0) is 22.0 Å². The fourth-order valence-electron chi connectivity index (χ4n) is 0.800. The van der Waals surface area contributed by atoms with Crippen LogP contribution in [0.2, 0.25) is 0 Å². The molecule has 66 valence electrons. The van der Waals surface area contributed by atoms with E-state index in [-0.39, 0.29) is 5.92 Å². The van der Waals surface area contributed by atoms with Crippen LogP contribution < -0.4 is 4.74 Å². The van der Waals surface area contributed by atoms with E-state index in [4.69, 9.17) is 4.74 Å². The van der Waals surface area contributed by atoms with Gasteiger partial charge in [-0.1, -0.05) is 6.92 Å². The Balaban J connectivity index is 2.95. The minimum Gasteiger partial charge on any atom is -0.486 e. The Hall–Kier alpha value is -0.350. The predicted molar refractivity (Wildman–Crippen MR) is 53.1 cm³/mol. The molecule has 1 rings (SSSR count). The number of halogens is 1. The Kier molecular flexibility index (Phi) is 3.29. The molecule has 0 amide bonds. The Morgan fingerprint density at radius 1 is 1.75 bits per heavy atom. The summed E-state index contributed by atoms with van der Waals surface area (Å²) in [6.07, 6.45) is 0.928. The van der Waals surface area contributed by atoms with Crippen molar-refractivity contribution in [3.05, 3.63) is 15.4 Å². The average molecular weight is 249 g/mol. The van der Waals surface area contributed by atoms with Gasteiger partial charge in [-0.25, -0.2) is 0 Å². The van der Waals surface area contributed by atoms with Gasteiger partial charge in [0.2, 0.25) is 0 Å². The number of ether oxygens (including phenoxy) is 1. The van der Waals surface area contributed by atoms with Crippen molar-refractivity contribution in [2.75, 3.05) is 7.11 Å². The molecule has 1 unspecified atom stereocenters. The SMILES string of the molecule is COc1sc(C(C)C=O)cc1Br. The minimum absolute atomic E-state index is 0.0461. The second-order valence-corrected chi connectivity index (χ2v) is 4.31. The summed E-state index contributed by atoms with van der Waals surface area (Å²) < 4.78 is 5.99. The van der Waals surface area contributed by atoms with Gasteiger partial charge in [-0.2, -0.15) is 0 Å². The van der Waals surface area contributed by atoms with Crippen LogP contribution in [0.5, 0.6) is 5.06 Å². The molecular weight excluding hydrogens is 240 g/mol. The molecular formula is C8H9BrO2S. The first-order valence-corrected chi connectivity index (χ1v) is 5.08. The molecule has 1 heterocycles. The lowest BCUT2D eigenvalue weighted by Gasteiger charge is -1.95. The van der Waals surface area contributed by atoms with E-state index in [0.29, 0.717) is 0 Å². The van der Waals surface area contributed by atoms with Gasteiger partial charge in [0.25, 0.3) is 0 Å². The summed E-state index contributed by atoms with van der Waals surface area (Å²) >= 11 is 4.84. The second-order valence-electron chi connectivity index (χ2n) is 2.41. The maximum absolute atomic E-state index is 10.5. The Labute approximate surface area is 83.7 Å². The smallest absolute Gasteiger partial charge is 0.188 e. The van der Waals surface area contributed by atoms with Gasteiger partial charge in [0.15, 0.2) is 5.06 Å². The van der Waals surface area contributed by atoms with Gasteiger partial charge in [-0.15, -0.1) is 11.3 Å². The number of hydrogen-bond donors (Lipinski definition) is 0. The highest BCUT2D eigenvalue weighted by atomic mass is 79.9. The highest BCUT2D eigenvalue weighted by molar-refractivity contribution is 9.10. The lowest BCUT2D eigenvalue weighted by molar-refractivity contribution is -0.108. The lowest BCUT2D eigenvalue weighted by Crippen LogP contribution is -1.88. The van der Waals surface area contributed by atoms with Crippen molar-refractivity contribution >= 4 is 33.6 Å². The van der Waals surface area contributed by atoms with E-state index in [2.05, 4.69) is 15.9 Å². The van der Waals surface area contributed by atoms with E-state index in [1.54, 1.807) is 7.11 Å². The van der Waals surface area contributed by atoms with Crippen molar-refractivity contribution in [2.24, 2.45) is 0 Å². The zero-order valence-corrected chi connectivity index (χ0v) is 9.24. The van der Waals surface area contributed by atoms with Crippen LogP contribution in [0.4, 0.5) is 0 Å². The maximum Gasteiger partial charge on any atom is 0.188 e. The Morgan fingerprint density at radius 2 is 2.42 bits per heavy atom. The first-order valence-electron chi connectivity index (χ1n) is 3.47. The molecule has 1 atom stereocenters. The van der Waals surface area contributed by atoms with Crippen LogP contribution in [-0.2, 0) is 4.79 Å². The Morgan fingerprint density at radius 3 is 2.83 bits per heavy atom. The molecule has 1 aromatic rings. The van der Waals surface area contributed by atoms with Gasteiger partial charge in [0.1, 0.15) is 6.29 Å². The standard InChI is InChI=1S/C8H9BrO2S/c1-5(4-10)7-3-6(9)8(11-2)12-7/h3-5H,1-2H3. The normalized spacial score (nSPS) is 12.6. The van der Waals surface area contributed by atoms with Crippen LogP contribution >= 0.6 is 27.3 Å². The molecule has 0 aliphatic carbocycles. The highest BCUT2D eigenvalue weighted by Gasteiger charge is 2.11. The summed E-state index contributed by atoms with van der Waals surface area (Å²) in [4.78, 5) is 11.5. The zero-order chi connectivity index (χ0) is 9.14. The van der Waals surface area contributed by atoms with E-state index in [0.717, 1.165) is 20.7 Å². The van der Waals surface area contributed by atoms with E-state index in [1.165, 1.54) is 11.3 Å². The summed E-state index contributed by atoms with van der Waals surface area (Å²) in [6, 6.07) is 1.92. The summed E-state index contributed by atoms with van der Waals surface area (Å²) in [5.41, 5.74) is 0. The van der Waals surface area contributed by atoms with Crippen molar-refractivity contribution in [1.82, 2.24) is 0 Å². The lowest BCUT2D eigenvalue weighted by atomic mass is 10.2. The molecule has 0 saturated heterocycles. The van der Waals surface area contributed by atoms with Gasteiger partial charge in [0.05, 0.1) is 11.6 Å². The fraction of sp³-hybridized carbons (Fsp3) is 0.375. The molecule has 0 saturated carbocycles. The summed E-state index contributed by atoms with van der Waals surface area (Å²) in [5, 5.41) is 0.818. The molecule has 0 spiro atoms. The largest absolute Gasteiger partial charge is 0.486 e. The number of thiophene rings is 1. The molecule has 4 heteroatoms. The van der Waals surface area contributed by atoms with Gasteiger partial charge in [0, 0.05) is 10.8 Å². The van der Waals surface area contributed by atoms with E-state index < -0.39 is 0 Å². The highest BCUT2D eigenvalue weighted by Crippen LogP contribution is 2.37. The van der Waals surface area contributed by atoms with Crippen molar-refractivity contribution in [3.63, 3.8) is 0 Å². The quantitative estimate of drug-likeness (QED) is 0.770. The molecule has 12 heavy (non-hydrogen) atoms. The summed E-state index contributed by atoms with van der Waals surface area (Å²) in [7, 11) is 1.62. The first-order chi connectivity index (χ1) is 5.69. The molecule has 1 aromatic heterocycles. The zero-order valence-electron chi connectivity index (χ0n) is 6.83. The van der Waals surface area contributed by atoms with Crippen molar-refractivity contribution in [3.8, 4) is 5.06 Å². The predicted octanol–water partition coefficient (Wildman–Crippen LogP) is 2.82. The van der Waals surface area contributed by atoms with E-state index >= 15 is 0 Å². The molecule has 0 radical (unpaired) electrons. The molecule has 0 N–H and O–H groups in total. The number of rotatable bonds is 3. The molecule has 2 nitrogen and oxygen atoms in total. The molecule has 0 bridgehead atoms. The van der Waals surface area contributed by atoms with Crippen LogP contribution in [0.25, 0.3) is 0 Å². The third-order valence-electron chi connectivity index (χ3n) is 1.51. The van der Waals surface area contributed by atoms with Crippen molar-refractivity contribution in [1.29, 1.82) is 0 Å². The fourth-order valence-corrected chi connectivity index (χ4v) is 2.47.